The molecule has 1 aromatic heterocycles. The standard InChI is InChI=1S/C17H15NO4S/c1-2-21-16-9-10-17(15-8-4-3-7-14(15)16)23(19,20)18-12-13-6-5-11-22-13/h3-12H,2H2,1H3/b18-12+. The zero-order valence-corrected chi connectivity index (χ0v) is 13.3. The molecule has 0 saturated heterocycles. The summed E-state index contributed by atoms with van der Waals surface area (Å²) in [5.74, 6) is 1.03. The van der Waals surface area contributed by atoms with E-state index in [1.807, 2.05) is 19.1 Å². The molecule has 0 saturated carbocycles. The van der Waals surface area contributed by atoms with E-state index in [1.165, 1.54) is 18.5 Å². The maximum absolute atomic E-state index is 12.5. The highest BCUT2D eigenvalue weighted by Gasteiger charge is 2.17. The molecule has 0 radical (unpaired) electrons. The summed E-state index contributed by atoms with van der Waals surface area (Å²) in [6.45, 7) is 2.39. The van der Waals surface area contributed by atoms with Gasteiger partial charge in [0, 0.05) is 10.8 Å². The first-order valence-electron chi connectivity index (χ1n) is 7.10. The highest BCUT2D eigenvalue weighted by Crippen LogP contribution is 2.31. The summed E-state index contributed by atoms with van der Waals surface area (Å²) in [6, 6.07) is 13.7. The lowest BCUT2D eigenvalue weighted by molar-refractivity contribution is 0.344. The van der Waals surface area contributed by atoms with Crippen LogP contribution >= 0.6 is 0 Å². The molecule has 6 heteroatoms. The van der Waals surface area contributed by atoms with Gasteiger partial charge in [-0.1, -0.05) is 24.3 Å². The first-order chi connectivity index (χ1) is 11.1. The number of rotatable bonds is 5. The first-order valence-corrected chi connectivity index (χ1v) is 8.54. The van der Waals surface area contributed by atoms with Crippen LogP contribution < -0.4 is 4.74 Å². The quantitative estimate of drug-likeness (QED) is 0.670. The van der Waals surface area contributed by atoms with Crippen LogP contribution in [-0.4, -0.2) is 21.2 Å². The Morgan fingerprint density at radius 3 is 2.57 bits per heavy atom. The van der Waals surface area contributed by atoms with Gasteiger partial charge in [0.05, 0.1) is 24.0 Å². The van der Waals surface area contributed by atoms with E-state index in [0.29, 0.717) is 23.5 Å². The van der Waals surface area contributed by atoms with Gasteiger partial charge in [-0.2, -0.15) is 12.8 Å². The van der Waals surface area contributed by atoms with Gasteiger partial charge in [-0.05, 0) is 31.2 Å². The fourth-order valence-electron chi connectivity index (χ4n) is 2.29. The average Bonchev–Trinajstić information content (AvgIpc) is 3.07. The first kappa shape index (κ1) is 15.3. The van der Waals surface area contributed by atoms with Gasteiger partial charge >= 0.3 is 0 Å². The molecule has 0 N–H and O–H groups in total. The lowest BCUT2D eigenvalue weighted by atomic mass is 10.1. The number of fused-ring (bicyclic) bond motifs is 1. The summed E-state index contributed by atoms with van der Waals surface area (Å²) < 4.78 is 39.4. The van der Waals surface area contributed by atoms with Crippen molar-refractivity contribution in [2.45, 2.75) is 11.8 Å². The Balaban J connectivity index is 2.11. The minimum absolute atomic E-state index is 0.138. The van der Waals surface area contributed by atoms with E-state index >= 15 is 0 Å². The molecule has 0 amide bonds. The third-order valence-corrected chi connectivity index (χ3v) is 4.58. The third kappa shape index (κ3) is 3.12. The fraction of sp³-hybridized carbons (Fsp3) is 0.118. The number of furan rings is 1. The van der Waals surface area contributed by atoms with Gasteiger partial charge in [0.15, 0.2) is 0 Å². The van der Waals surface area contributed by atoms with E-state index in [1.54, 1.807) is 30.3 Å². The summed E-state index contributed by atoms with van der Waals surface area (Å²) in [4.78, 5) is 0.138. The minimum atomic E-state index is -3.84. The number of sulfonamides is 1. The van der Waals surface area contributed by atoms with Gasteiger partial charge in [0.25, 0.3) is 10.0 Å². The van der Waals surface area contributed by atoms with E-state index in [2.05, 4.69) is 4.40 Å². The minimum Gasteiger partial charge on any atom is -0.493 e. The number of hydrogen-bond acceptors (Lipinski definition) is 4. The number of benzene rings is 2. The molecule has 0 bridgehead atoms. The molecule has 118 valence electrons. The normalized spacial score (nSPS) is 12.0. The van der Waals surface area contributed by atoms with E-state index in [4.69, 9.17) is 9.15 Å². The monoisotopic (exact) mass is 329 g/mol. The summed E-state index contributed by atoms with van der Waals surface area (Å²) in [5, 5.41) is 1.32. The Hall–Kier alpha value is -2.60. The molecule has 3 rings (SSSR count). The predicted molar refractivity (Wildman–Crippen MR) is 88.6 cm³/mol. The van der Waals surface area contributed by atoms with E-state index in [9.17, 15) is 8.42 Å². The van der Waals surface area contributed by atoms with E-state index in [0.717, 1.165) is 5.39 Å². The van der Waals surface area contributed by atoms with Gasteiger partial charge in [0.2, 0.25) is 0 Å². The lowest BCUT2D eigenvalue weighted by Gasteiger charge is -2.10. The highest BCUT2D eigenvalue weighted by atomic mass is 32.2. The topological polar surface area (TPSA) is 68.9 Å². The third-order valence-electron chi connectivity index (χ3n) is 3.28. The second-order valence-corrected chi connectivity index (χ2v) is 6.37. The Kier molecular flexibility index (Phi) is 4.16. The van der Waals surface area contributed by atoms with Crippen LogP contribution in [0.5, 0.6) is 5.75 Å². The van der Waals surface area contributed by atoms with Gasteiger partial charge in [-0.15, -0.1) is 0 Å². The average molecular weight is 329 g/mol. The van der Waals surface area contributed by atoms with Gasteiger partial charge in [-0.3, -0.25) is 0 Å². The lowest BCUT2D eigenvalue weighted by Crippen LogP contribution is -2.00. The molecule has 1 heterocycles. The summed E-state index contributed by atoms with van der Waals surface area (Å²) in [7, 11) is -3.84. The van der Waals surface area contributed by atoms with Crippen molar-refractivity contribution in [3.8, 4) is 5.75 Å². The smallest absolute Gasteiger partial charge is 0.283 e. The van der Waals surface area contributed by atoms with Gasteiger partial charge < -0.3 is 9.15 Å². The van der Waals surface area contributed by atoms with Crippen molar-refractivity contribution in [1.82, 2.24) is 0 Å². The second-order valence-electron chi connectivity index (χ2n) is 4.77. The van der Waals surface area contributed by atoms with Crippen LogP contribution in [0.4, 0.5) is 0 Å². The largest absolute Gasteiger partial charge is 0.493 e. The molecule has 0 atom stereocenters. The molecule has 0 aliphatic heterocycles. The Labute approximate surface area is 134 Å². The molecule has 0 aliphatic carbocycles. The molecule has 23 heavy (non-hydrogen) atoms. The van der Waals surface area contributed by atoms with Crippen molar-refractivity contribution in [2.24, 2.45) is 4.40 Å². The fourth-order valence-corrected chi connectivity index (χ4v) is 3.35. The predicted octanol–water partition coefficient (Wildman–Crippen LogP) is 3.64. The number of ether oxygens (including phenoxy) is 1. The Bertz CT molecular complexity index is 944. The van der Waals surface area contributed by atoms with E-state index in [-0.39, 0.29) is 4.90 Å². The molecule has 0 spiro atoms. The molecular formula is C17H15NO4S. The van der Waals surface area contributed by atoms with Crippen LogP contribution in [0.15, 0.2) is 68.5 Å². The van der Waals surface area contributed by atoms with Crippen molar-refractivity contribution in [3.63, 3.8) is 0 Å². The molecule has 2 aromatic carbocycles. The van der Waals surface area contributed by atoms with Gasteiger partial charge in [-0.25, -0.2) is 0 Å². The second kappa shape index (κ2) is 6.26. The number of nitrogens with zero attached hydrogens (tertiary/aromatic N) is 1. The molecule has 0 unspecified atom stereocenters. The van der Waals surface area contributed by atoms with Crippen LogP contribution in [0, 0.1) is 0 Å². The molecule has 3 aromatic rings. The van der Waals surface area contributed by atoms with Crippen LogP contribution in [0.1, 0.15) is 12.7 Å². The summed E-state index contributed by atoms with van der Waals surface area (Å²) >= 11 is 0. The highest BCUT2D eigenvalue weighted by molar-refractivity contribution is 7.90. The number of hydrogen-bond donors (Lipinski definition) is 0. The van der Waals surface area contributed by atoms with Crippen molar-refractivity contribution in [1.29, 1.82) is 0 Å². The molecule has 0 fully saturated rings. The molecular weight excluding hydrogens is 314 g/mol. The van der Waals surface area contributed by atoms with Crippen molar-refractivity contribution in [3.05, 3.63) is 60.6 Å². The van der Waals surface area contributed by atoms with Crippen LogP contribution in [0.25, 0.3) is 10.8 Å². The zero-order valence-electron chi connectivity index (χ0n) is 12.5. The van der Waals surface area contributed by atoms with Crippen LogP contribution in [0.3, 0.4) is 0 Å². The maximum Gasteiger partial charge on any atom is 0.283 e. The van der Waals surface area contributed by atoms with Crippen molar-refractivity contribution < 1.29 is 17.6 Å². The molecule has 0 aliphatic rings. The van der Waals surface area contributed by atoms with Gasteiger partial charge in [0.1, 0.15) is 11.5 Å². The van der Waals surface area contributed by atoms with Crippen LogP contribution in [-0.2, 0) is 10.0 Å². The Morgan fingerprint density at radius 2 is 1.87 bits per heavy atom. The summed E-state index contributed by atoms with van der Waals surface area (Å²) in [6.07, 6.45) is 2.65. The van der Waals surface area contributed by atoms with Crippen molar-refractivity contribution in [2.75, 3.05) is 6.61 Å². The van der Waals surface area contributed by atoms with Crippen LogP contribution in [0.2, 0.25) is 0 Å². The zero-order chi connectivity index (χ0) is 16.3. The van der Waals surface area contributed by atoms with Crippen molar-refractivity contribution >= 4 is 27.0 Å². The summed E-state index contributed by atoms with van der Waals surface area (Å²) in [5.41, 5.74) is 0. The molecule has 5 nitrogen and oxygen atoms in total. The van der Waals surface area contributed by atoms with E-state index < -0.39 is 10.0 Å². The Morgan fingerprint density at radius 1 is 1.09 bits per heavy atom. The maximum atomic E-state index is 12.5. The SMILES string of the molecule is CCOc1ccc(S(=O)(=O)/N=C/c2ccco2)c2ccccc12.